The van der Waals surface area contributed by atoms with Gasteiger partial charge in [0.25, 0.3) is 5.91 Å². The molecule has 4 aromatic rings. The second kappa shape index (κ2) is 10.2. The zero-order valence-corrected chi connectivity index (χ0v) is 20.4. The lowest BCUT2D eigenvalue weighted by atomic mass is 9.97. The second-order valence-electron chi connectivity index (χ2n) is 8.82. The summed E-state index contributed by atoms with van der Waals surface area (Å²) in [6.07, 6.45) is 2.86. The maximum atomic E-state index is 13.3. The molecule has 5 rings (SSSR count). The van der Waals surface area contributed by atoms with Crippen molar-refractivity contribution < 1.29 is 19.1 Å². The number of ether oxygens (including phenoxy) is 2. The Balaban J connectivity index is 1.26. The number of aromatic amines is 1. The number of nitrogens with zero attached hydrogens (tertiary/aromatic N) is 1. The van der Waals surface area contributed by atoms with Crippen molar-refractivity contribution in [2.24, 2.45) is 0 Å². The van der Waals surface area contributed by atoms with E-state index in [9.17, 15) is 9.59 Å². The van der Waals surface area contributed by atoms with E-state index in [0.29, 0.717) is 36.6 Å². The van der Waals surface area contributed by atoms with Crippen molar-refractivity contribution in [3.05, 3.63) is 95.2 Å². The van der Waals surface area contributed by atoms with Crippen LogP contribution >= 0.6 is 0 Å². The minimum Gasteiger partial charge on any atom is -0.493 e. The molecule has 7 heteroatoms. The molecule has 0 bridgehead atoms. The Labute approximate surface area is 210 Å². The number of hydrogen-bond donors (Lipinski definition) is 2. The molecule has 0 saturated heterocycles. The topological polar surface area (TPSA) is 83.7 Å². The Kier molecular flexibility index (Phi) is 6.62. The fourth-order valence-corrected chi connectivity index (χ4v) is 4.95. The van der Waals surface area contributed by atoms with E-state index in [4.69, 9.17) is 9.47 Å². The summed E-state index contributed by atoms with van der Waals surface area (Å²) < 4.78 is 10.6. The number of nitrogens with one attached hydrogen (secondary N) is 2. The van der Waals surface area contributed by atoms with E-state index in [1.807, 2.05) is 71.8 Å². The molecule has 1 aliphatic rings. The van der Waals surface area contributed by atoms with Crippen molar-refractivity contribution in [3.8, 4) is 11.5 Å². The van der Waals surface area contributed by atoms with Crippen molar-refractivity contribution in [2.45, 2.75) is 18.9 Å². The number of carbonyl (C=O) groups is 2. The van der Waals surface area contributed by atoms with E-state index < -0.39 is 0 Å². The Morgan fingerprint density at radius 3 is 2.58 bits per heavy atom. The zero-order valence-electron chi connectivity index (χ0n) is 20.4. The van der Waals surface area contributed by atoms with E-state index in [2.05, 4.69) is 16.4 Å². The maximum absolute atomic E-state index is 13.3. The molecule has 0 fully saturated rings. The van der Waals surface area contributed by atoms with Crippen molar-refractivity contribution in [1.82, 2.24) is 15.2 Å². The monoisotopic (exact) mass is 483 g/mol. The number of benzene rings is 3. The summed E-state index contributed by atoms with van der Waals surface area (Å²) in [6, 6.07) is 21.3. The lowest BCUT2D eigenvalue weighted by Crippen LogP contribution is -2.34. The molecule has 0 aliphatic carbocycles. The Morgan fingerprint density at radius 1 is 0.972 bits per heavy atom. The van der Waals surface area contributed by atoms with Crippen LogP contribution in [-0.2, 0) is 11.2 Å². The second-order valence-corrected chi connectivity index (χ2v) is 8.82. The van der Waals surface area contributed by atoms with Crippen molar-refractivity contribution in [3.63, 3.8) is 0 Å². The largest absolute Gasteiger partial charge is 0.493 e. The SMILES string of the molecule is COc1ccc(CCNC(=O)CCN2C(=O)c3ccccc3[C@H]2c2c[nH]c3ccccc23)cc1OC. The van der Waals surface area contributed by atoms with E-state index in [1.165, 1.54) is 0 Å². The fourth-order valence-electron chi connectivity index (χ4n) is 4.95. The molecule has 0 radical (unpaired) electrons. The third kappa shape index (κ3) is 4.40. The van der Waals surface area contributed by atoms with Crippen LogP contribution in [0.5, 0.6) is 11.5 Å². The number of amides is 2. The first-order chi connectivity index (χ1) is 17.6. The first-order valence-corrected chi connectivity index (χ1v) is 12.0. The third-order valence-corrected chi connectivity index (χ3v) is 6.74. The normalized spacial score (nSPS) is 14.7. The van der Waals surface area contributed by atoms with E-state index >= 15 is 0 Å². The van der Waals surface area contributed by atoms with Gasteiger partial charge in [0, 0.05) is 47.7 Å². The van der Waals surface area contributed by atoms with Gasteiger partial charge in [-0.25, -0.2) is 0 Å². The van der Waals surface area contributed by atoms with Crippen LogP contribution in [0.3, 0.4) is 0 Å². The quantitative estimate of drug-likeness (QED) is 0.368. The summed E-state index contributed by atoms with van der Waals surface area (Å²) in [5, 5.41) is 4.06. The fraction of sp³-hybridized carbons (Fsp3) is 0.241. The molecule has 1 aromatic heterocycles. The summed E-state index contributed by atoms with van der Waals surface area (Å²) in [5.41, 5.74) is 4.77. The number of carbonyl (C=O) groups excluding carboxylic acids is 2. The summed E-state index contributed by atoms with van der Waals surface area (Å²) in [5.74, 6) is 1.21. The van der Waals surface area contributed by atoms with Gasteiger partial charge in [0.05, 0.1) is 20.3 Å². The zero-order chi connectivity index (χ0) is 25.1. The summed E-state index contributed by atoms with van der Waals surface area (Å²) in [7, 11) is 3.20. The van der Waals surface area contributed by atoms with E-state index in [-0.39, 0.29) is 24.3 Å². The number of para-hydroxylation sites is 1. The number of hydrogen-bond acceptors (Lipinski definition) is 4. The van der Waals surface area contributed by atoms with Crippen LogP contribution in [0.15, 0.2) is 72.9 Å². The highest BCUT2D eigenvalue weighted by molar-refractivity contribution is 6.01. The Hall–Kier alpha value is -4.26. The number of aromatic nitrogens is 1. The van der Waals surface area contributed by atoms with Gasteiger partial charge >= 0.3 is 0 Å². The standard InChI is InChI=1S/C29H29N3O4/c1-35-25-12-11-19(17-26(25)36-2)13-15-30-27(33)14-16-32-28(21-8-3-4-9-22(21)29(32)34)23-18-31-24-10-6-5-7-20(23)24/h3-12,17-18,28,31H,13-16H2,1-2H3,(H,30,33)/t28-/m0/s1. The smallest absolute Gasteiger partial charge is 0.255 e. The highest BCUT2D eigenvalue weighted by Crippen LogP contribution is 2.41. The van der Waals surface area contributed by atoms with Crippen LogP contribution < -0.4 is 14.8 Å². The van der Waals surface area contributed by atoms with E-state index in [1.54, 1.807) is 14.2 Å². The number of fused-ring (bicyclic) bond motifs is 2. The average Bonchev–Trinajstić information content (AvgIpc) is 3.45. The van der Waals surface area contributed by atoms with Gasteiger partial charge < -0.3 is 24.7 Å². The van der Waals surface area contributed by atoms with Crippen LogP contribution in [-0.4, -0.2) is 49.0 Å². The lowest BCUT2D eigenvalue weighted by Gasteiger charge is -2.25. The molecule has 184 valence electrons. The average molecular weight is 484 g/mol. The molecular weight excluding hydrogens is 454 g/mol. The molecule has 2 heterocycles. The van der Waals surface area contributed by atoms with Gasteiger partial charge in [-0.15, -0.1) is 0 Å². The Bertz CT molecular complexity index is 1410. The molecule has 2 N–H and O–H groups in total. The summed E-state index contributed by atoms with van der Waals surface area (Å²) in [4.78, 5) is 31.2. The van der Waals surface area contributed by atoms with Crippen LogP contribution in [0.1, 0.15) is 39.5 Å². The predicted octanol–water partition coefficient (Wildman–Crippen LogP) is 4.48. The molecule has 0 spiro atoms. The minimum absolute atomic E-state index is 0.0426. The molecule has 1 atom stereocenters. The summed E-state index contributed by atoms with van der Waals surface area (Å²) >= 11 is 0. The summed E-state index contributed by atoms with van der Waals surface area (Å²) in [6.45, 7) is 0.828. The number of methoxy groups -OCH3 is 2. The van der Waals surface area contributed by atoms with Gasteiger partial charge in [-0.1, -0.05) is 42.5 Å². The number of rotatable bonds is 9. The van der Waals surface area contributed by atoms with Gasteiger partial charge in [0.15, 0.2) is 11.5 Å². The molecule has 7 nitrogen and oxygen atoms in total. The van der Waals surface area contributed by atoms with Crippen molar-refractivity contribution >= 4 is 22.7 Å². The molecule has 2 amide bonds. The molecule has 3 aromatic carbocycles. The van der Waals surface area contributed by atoms with Gasteiger partial charge in [-0.2, -0.15) is 0 Å². The first-order valence-electron chi connectivity index (χ1n) is 12.0. The van der Waals surface area contributed by atoms with Crippen molar-refractivity contribution in [2.75, 3.05) is 27.3 Å². The van der Waals surface area contributed by atoms with Gasteiger partial charge in [0.2, 0.25) is 5.91 Å². The Morgan fingerprint density at radius 2 is 1.75 bits per heavy atom. The van der Waals surface area contributed by atoms with Gasteiger partial charge in [-0.05, 0) is 41.8 Å². The predicted molar refractivity (Wildman–Crippen MR) is 138 cm³/mol. The van der Waals surface area contributed by atoms with Crippen LogP contribution in [0.25, 0.3) is 10.9 Å². The highest BCUT2D eigenvalue weighted by atomic mass is 16.5. The molecular formula is C29H29N3O4. The lowest BCUT2D eigenvalue weighted by molar-refractivity contribution is -0.121. The molecule has 1 aliphatic heterocycles. The van der Waals surface area contributed by atoms with Crippen LogP contribution in [0.4, 0.5) is 0 Å². The van der Waals surface area contributed by atoms with Crippen LogP contribution in [0, 0.1) is 0 Å². The third-order valence-electron chi connectivity index (χ3n) is 6.74. The molecule has 36 heavy (non-hydrogen) atoms. The van der Waals surface area contributed by atoms with Crippen molar-refractivity contribution in [1.29, 1.82) is 0 Å². The van der Waals surface area contributed by atoms with E-state index in [0.717, 1.165) is 27.6 Å². The highest BCUT2D eigenvalue weighted by Gasteiger charge is 2.38. The maximum Gasteiger partial charge on any atom is 0.255 e. The van der Waals surface area contributed by atoms with Gasteiger partial charge in [-0.3, -0.25) is 9.59 Å². The molecule has 0 unspecified atom stereocenters. The first kappa shape index (κ1) is 23.5. The number of H-pyrrole nitrogens is 1. The molecule has 0 saturated carbocycles. The van der Waals surface area contributed by atoms with Crippen LogP contribution in [0.2, 0.25) is 0 Å². The minimum atomic E-state index is -0.232. The van der Waals surface area contributed by atoms with Gasteiger partial charge in [0.1, 0.15) is 0 Å².